The van der Waals surface area contributed by atoms with Gasteiger partial charge in [0.25, 0.3) is 0 Å². The Morgan fingerprint density at radius 1 is 0.577 bits per heavy atom. The number of hydrogen-bond acceptors (Lipinski definition) is 2. The van der Waals surface area contributed by atoms with Crippen molar-refractivity contribution in [3.63, 3.8) is 0 Å². The first kappa shape index (κ1) is 32.5. The summed E-state index contributed by atoms with van der Waals surface area (Å²) in [7, 11) is -1.60. The highest BCUT2D eigenvalue weighted by Crippen LogP contribution is 2.43. The molecule has 2 heterocycles. The summed E-state index contributed by atoms with van der Waals surface area (Å²) in [4.78, 5) is 5.56. The van der Waals surface area contributed by atoms with Gasteiger partial charge in [-0.2, -0.15) is 0 Å². The summed E-state index contributed by atoms with van der Waals surface area (Å²) < 4.78 is 9.40. The maximum Gasteiger partial charge on any atom is 0.149 e. The maximum atomic E-state index is 6.95. The van der Waals surface area contributed by atoms with E-state index in [1.54, 1.807) is 0 Å². The van der Waals surface area contributed by atoms with Gasteiger partial charge in [0.15, 0.2) is 0 Å². The number of imidazole rings is 1. The van der Waals surface area contributed by atoms with Gasteiger partial charge in [-0.25, -0.2) is 4.98 Å². The first-order valence-corrected chi connectivity index (χ1v) is 22.1. The molecule has 9 aromatic rings. The summed E-state index contributed by atoms with van der Waals surface area (Å²) in [5, 5.41) is 8.54. The van der Waals surface area contributed by atoms with E-state index in [-0.39, 0.29) is 11.8 Å². The van der Waals surface area contributed by atoms with E-state index in [1.165, 1.54) is 54.7 Å². The van der Waals surface area contributed by atoms with Gasteiger partial charge >= 0.3 is 0 Å². The Balaban J connectivity index is 1.37. The molecule has 0 bridgehead atoms. The standard InChI is InChI=1S/C48H44N2OSi/c1-29(2)39-25-34(31-14-9-8-10-15-31)26-40(30(3)4)46(39)50-44-23-22-35(52(5,6)7)27-43(44)49-48(50)38-19-13-18-37-42-24-33-21-20-32-16-11-12-17-36(32)41(33)28-45(42)51-47(37)38/h8-30H,1-7H3. The quantitative estimate of drug-likeness (QED) is 0.128. The first-order valence-electron chi connectivity index (χ1n) is 18.6. The van der Waals surface area contributed by atoms with Crippen LogP contribution in [0.1, 0.15) is 50.7 Å². The van der Waals surface area contributed by atoms with Crippen LogP contribution < -0.4 is 5.19 Å². The fourth-order valence-corrected chi connectivity index (χ4v) is 9.20. The van der Waals surface area contributed by atoms with Crippen molar-refractivity contribution in [2.45, 2.75) is 59.2 Å². The number of benzene rings is 7. The van der Waals surface area contributed by atoms with E-state index in [1.807, 2.05) is 0 Å². The molecule has 2 aromatic heterocycles. The number of rotatable bonds is 6. The fraction of sp³-hybridized carbons (Fsp3) is 0.188. The van der Waals surface area contributed by atoms with Gasteiger partial charge in [0.2, 0.25) is 0 Å². The van der Waals surface area contributed by atoms with E-state index in [0.29, 0.717) is 0 Å². The van der Waals surface area contributed by atoms with Gasteiger partial charge in [0.05, 0.1) is 30.4 Å². The highest BCUT2D eigenvalue weighted by Gasteiger charge is 2.27. The van der Waals surface area contributed by atoms with Crippen molar-refractivity contribution in [3.8, 4) is 28.2 Å². The summed E-state index contributed by atoms with van der Waals surface area (Å²) >= 11 is 0. The minimum atomic E-state index is -1.60. The van der Waals surface area contributed by atoms with Crippen LogP contribution in [0.4, 0.5) is 0 Å². The molecule has 0 aliphatic heterocycles. The van der Waals surface area contributed by atoms with Gasteiger partial charge in [0, 0.05) is 10.8 Å². The smallest absolute Gasteiger partial charge is 0.149 e. The fourth-order valence-electron chi connectivity index (χ4n) is 8.04. The number of aromatic nitrogens is 2. The lowest BCUT2D eigenvalue weighted by atomic mass is 9.88. The molecule has 52 heavy (non-hydrogen) atoms. The number of para-hydroxylation sites is 1. The van der Waals surface area contributed by atoms with Crippen molar-refractivity contribution in [2.75, 3.05) is 0 Å². The zero-order valence-corrected chi connectivity index (χ0v) is 32.1. The number of furan rings is 1. The van der Waals surface area contributed by atoms with Crippen LogP contribution in [0.15, 0.2) is 132 Å². The second-order valence-corrected chi connectivity index (χ2v) is 21.1. The molecule has 0 aliphatic carbocycles. The predicted octanol–water partition coefficient (Wildman–Crippen LogP) is 13.4. The van der Waals surface area contributed by atoms with Crippen LogP contribution in [0.3, 0.4) is 0 Å². The van der Waals surface area contributed by atoms with E-state index in [9.17, 15) is 0 Å². The van der Waals surface area contributed by atoms with E-state index in [2.05, 4.69) is 179 Å². The second-order valence-electron chi connectivity index (χ2n) is 16.0. The number of nitrogens with zero attached hydrogens (tertiary/aromatic N) is 2. The molecule has 7 aromatic carbocycles. The molecular weight excluding hydrogens is 649 g/mol. The third-order valence-electron chi connectivity index (χ3n) is 10.9. The van der Waals surface area contributed by atoms with Crippen molar-refractivity contribution in [1.29, 1.82) is 0 Å². The summed E-state index contributed by atoms with van der Waals surface area (Å²) in [5.74, 6) is 1.48. The van der Waals surface area contributed by atoms with Crippen LogP contribution >= 0.6 is 0 Å². The molecule has 9 rings (SSSR count). The predicted molar refractivity (Wildman–Crippen MR) is 225 cm³/mol. The Hall–Kier alpha value is -5.45. The average molecular weight is 693 g/mol. The Bertz CT molecular complexity index is 2800. The second kappa shape index (κ2) is 12.1. The minimum Gasteiger partial charge on any atom is -0.455 e. The molecule has 0 radical (unpaired) electrons. The van der Waals surface area contributed by atoms with Gasteiger partial charge in [0.1, 0.15) is 17.0 Å². The third kappa shape index (κ3) is 5.19. The maximum absolute atomic E-state index is 6.95. The van der Waals surface area contributed by atoms with Crippen LogP contribution in [-0.2, 0) is 0 Å². The largest absolute Gasteiger partial charge is 0.455 e. The lowest BCUT2D eigenvalue weighted by Crippen LogP contribution is -2.37. The molecule has 3 nitrogen and oxygen atoms in total. The Morgan fingerprint density at radius 3 is 2.00 bits per heavy atom. The first-order chi connectivity index (χ1) is 25.1. The lowest BCUT2D eigenvalue weighted by molar-refractivity contribution is 0.670. The van der Waals surface area contributed by atoms with Crippen LogP contribution in [0.2, 0.25) is 19.6 Å². The van der Waals surface area contributed by atoms with Crippen molar-refractivity contribution in [2.24, 2.45) is 0 Å². The van der Waals surface area contributed by atoms with Crippen LogP contribution in [0.5, 0.6) is 0 Å². The normalized spacial score (nSPS) is 12.5. The zero-order valence-electron chi connectivity index (χ0n) is 31.1. The van der Waals surface area contributed by atoms with E-state index in [4.69, 9.17) is 9.40 Å². The third-order valence-corrected chi connectivity index (χ3v) is 12.9. The Morgan fingerprint density at radius 2 is 1.27 bits per heavy atom. The molecule has 0 amide bonds. The summed E-state index contributed by atoms with van der Waals surface area (Å²) in [6, 6.07) is 46.7. The summed E-state index contributed by atoms with van der Waals surface area (Å²) in [6.45, 7) is 16.5. The molecule has 0 N–H and O–H groups in total. The van der Waals surface area contributed by atoms with E-state index < -0.39 is 8.07 Å². The van der Waals surface area contributed by atoms with Gasteiger partial charge in [-0.1, -0.05) is 137 Å². The topological polar surface area (TPSA) is 31.0 Å². The van der Waals surface area contributed by atoms with Crippen molar-refractivity contribution in [3.05, 3.63) is 139 Å². The number of fused-ring (bicyclic) bond motifs is 7. The molecule has 0 atom stereocenters. The molecule has 256 valence electrons. The Labute approximate surface area is 306 Å². The summed E-state index contributed by atoms with van der Waals surface area (Å²) in [5.41, 5.74) is 11.3. The highest BCUT2D eigenvalue weighted by atomic mass is 28.3. The lowest BCUT2D eigenvalue weighted by Gasteiger charge is -2.24. The van der Waals surface area contributed by atoms with Crippen molar-refractivity contribution < 1.29 is 4.42 Å². The van der Waals surface area contributed by atoms with E-state index >= 15 is 0 Å². The summed E-state index contributed by atoms with van der Waals surface area (Å²) in [6.07, 6.45) is 0. The van der Waals surface area contributed by atoms with Crippen molar-refractivity contribution >= 4 is 67.8 Å². The van der Waals surface area contributed by atoms with Crippen molar-refractivity contribution in [1.82, 2.24) is 9.55 Å². The molecule has 0 fully saturated rings. The minimum absolute atomic E-state index is 0.284. The van der Waals surface area contributed by atoms with Crippen LogP contribution in [0.25, 0.3) is 82.7 Å². The average Bonchev–Trinajstić information content (AvgIpc) is 3.71. The van der Waals surface area contributed by atoms with Gasteiger partial charge in [-0.05, 0) is 98.1 Å². The molecule has 0 saturated carbocycles. The number of hydrogen-bond donors (Lipinski definition) is 0. The molecule has 4 heteroatoms. The van der Waals surface area contributed by atoms with Gasteiger partial charge in [-0.3, -0.25) is 4.57 Å². The zero-order chi connectivity index (χ0) is 35.9. The monoisotopic (exact) mass is 692 g/mol. The molecule has 0 saturated heterocycles. The molecular formula is C48H44N2OSi. The molecule has 0 spiro atoms. The Kier molecular flexibility index (Phi) is 7.53. The molecule has 0 unspecified atom stereocenters. The molecule has 0 aliphatic rings. The van der Waals surface area contributed by atoms with E-state index in [0.717, 1.165) is 44.4 Å². The van der Waals surface area contributed by atoms with Gasteiger partial charge in [-0.15, -0.1) is 0 Å². The highest BCUT2D eigenvalue weighted by molar-refractivity contribution is 6.88. The van der Waals surface area contributed by atoms with Crippen LogP contribution in [0, 0.1) is 0 Å². The van der Waals surface area contributed by atoms with Gasteiger partial charge < -0.3 is 4.42 Å². The van der Waals surface area contributed by atoms with Crippen LogP contribution in [-0.4, -0.2) is 17.6 Å². The SMILES string of the molecule is CC(C)c1cc(-c2ccccc2)cc(C(C)C)c1-n1c(-c2cccc3c2oc2cc4c(ccc5ccccc54)cc23)nc2cc([Si](C)(C)C)ccc21.